The molecule has 1 aromatic heterocycles. The molecule has 1 fully saturated rings. The SMILES string of the molecule is Cn1cc(NS(=O)(=O)N2CCC(O)CC2)c(Cl)c1C(=O)Nc1ccc(F)c(F)c1. The van der Waals surface area contributed by atoms with Gasteiger partial charge in [-0.2, -0.15) is 12.7 Å². The highest BCUT2D eigenvalue weighted by molar-refractivity contribution is 7.90. The Balaban J connectivity index is 1.79. The van der Waals surface area contributed by atoms with Gasteiger partial charge in [-0.25, -0.2) is 8.78 Å². The minimum absolute atomic E-state index is 0.00396. The van der Waals surface area contributed by atoms with Gasteiger partial charge in [0.25, 0.3) is 5.91 Å². The molecular formula is C17H19ClF2N4O4S. The number of benzene rings is 1. The Morgan fingerprint density at radius 1 is 1.24 bits per heavy atom. The van der Waals surface area contributed by atoms with Crippen LogP contribution in [0.5, 0.6) is 0 Å². The first kappa shape index (κ1) is 21.5. The number of aliphatic hydroxyl groups excluding tert-OH is 1. The number of aromatic nitrogens is 1. The number of rotatable bonds is 5. The van der Waals surface area contributed by atoms with Crippen molar-refractivity contribution in [3.8, 4) is 0 Å². The van der Waals surface area contributed by atoms with Crippen molar-refractivity contribution in [2.24, 2.45) is 7.05 Å². The maximum atomic E-state index is 13.3. The molecule has 1 aromatic carbocycles. The molecular weight excluding hydrogens is 430 g/mol. The Morgan fingerprint density at radius 2 is 1.90 bits per heavy atom. The molecule has 29 heavy (non-hydrogen) atoms. The van der Waals surface area contributed by atoms with E-state index in [-0.39, 0.29) is 35.2 Å². The normalized spacial score (nSPS) is 16.0. The molecule has 158 valence electrons. The quantitative estimate of drug-likeness (QED) is 0.653. The molecule has 1 aliphatic rings. The zero-order valence-electron chi connectivity index (χ0n) is 15.3. The van der Waals surface area contributed by atoms with Crippen molar-refractivity contribution < 1.29 is 27.1 Å². The van der Waals surface area contributed by atoms with Gasteiger partial charge >= 0.3 is 10.2 Å². The fourth-order valence-electron chi connectivity index (χ4n) is 2.98. The minimum atomic E-state index is -3.93. The fourth-order valence-corrected chi connectivity index (χ4v) is 4.60. The van der Waals surface area contributed by atoms with Crippen molar-refractivity contribution in [3.63, 3.8) is 0 Å². The molecule has 0 radical (unpaired) electrons. The first-order chi connectivity index (χ1) is 13.6. The molecule has 0 bridgehead atoms. The van der Waals surface area contributed by atoms with E-state index in [0.29, 0.717) is 12.8 Å². The number of aryl methyl sites for hydroxylation is 1. The van der Waals surface area contributed by atoms with Crippen LogP contribution in [-0.4, -0.2) is 47.5 Å². The zero-order valence-corrected chi connectivity index (χ0v) is 16.9. The number of nitrogens with zero attached hydrogens (tertiary/aromatic N) is 2. The number of carbonyl (C=O) groups excluding carboxylic acids is 1. The van der Waals surface area contributed by atoms with E-state index in [9.17, 15) is 27.1 Å². The van der Waals surface area contributed by atoms with Crippen LogP contribution < -0.4 is 10.0 Å². The van der Waals surface area contributed by atoms with Crippen LogP contribution in [0.1, 0.15) is 23.3 Å². The summed E-state index contributed by atoms with van der Waals surface area (Å²) in [5.74, 6) is -2.90. The maximum absolute atomic E-state index is 13.3. The molecule has 1 aliphatic heterocycles. The van der Waals surface area contributed by atoms with E-state index in [1.807, 2.05) is 0 Å². The maximum Gasteiger partial charge on any atom is 0.301 e. The molecule has 2 aromatic rings. The molecule has 0 aliphatic carbocycles. The van der Waals surface area contributed by atoms with Crippen molar-refractivity contribution >= 4 is 39.1 Å². The van der Waals surface area contributed by atoms with Crippen molar-refractivity contribution in [2.45, 2.75) is 18.9 Å². The third-order valence-corrected chi connectivity index (χ3v) is 6.42. The van der Waals surface area contributed by atoms with E-state index < -0.39 is 33.9 Å². The average Bonchev–Trinajstić information content (AvgIpc) is 2.91. The number of aliphatic hydroxyl groups is 1. The third kappa shape index (κ3) is 4.69. The van der Waals surface area contributed by atoms with Gasteiger partial charge < -0.3 is 15.0 Å². The van der Waals surface area contributed by atoms with Gasteiger partial charge in [0.1, 0.15) is 5.69 Å². The summed E-state index contributed by atoms with van der Waals surface area (Å²) in [6.45, 7) is 0.314. The lowest BCUT2D eigenvalue weighted by atomic mass is 10.1. The van der Waals surface area contributed by atoms with Crippen LogP contribution in [0.15, 0.2) is 24.4 Å². The van der Waals surface area contributed by atoms with Gasteiger partial charge in [0.2, 0.25) is 0 Å². The average molecular weight is 449 g/mol. The molecule has 3 N–H and O–H groups in total. The monoisotopic (exact) mass is 448 g/mol. The van der Waals surface area contributed by atoms with E-state index in [0.717, 1.165) is 12.1 Å². The molecule has 1 saturated heterocycles. The van der Waals surface area contributed by atoms with E-state index in [1.165, 1.54) is 28.2 Å². The molecule has 1 amide bonds. The first-order valence-electron chi connectivity index (χ1n) is 8.65. The van der Waals surface area contributed by atoms with Crippen LogP contribution in [0.2, 0.25) is 5.02 Å². The molecule has 0 unspecified atom stereocenters. The summed E-state index contributed by atoms with van der Waals surface area (Å²) in [6, 6.07) is 2.87. The molecule has 12 heteroatoms. The smallest absolute Gasteiger partial charge is 0.301 e. The standard InChI is InChI=1S/C17H19ClF2N4O4S/c1-23-9-14(22-29(27,28)24-6-4-11(25)5-7-24)15(18)16(23)17(26)21-10-2-3-12(19)13(20)8-10/h2-3,8-9,11,22,25H,4-7H2,1H3,(H,21,26). The summed E-state index contributed by atoms with van der Waals surface area (Å²) in [6.07, 6.45) is 1.45. The Labute approximate surface area is 171 Å². The Kier molecular flexibility index (Phi) is 6.13. The number of anilines is 2. The summed E-state index contributed by atoms with van der Waals surface area (Å²) in [5.41, 5.74) is -0.0564. The summed E-state index contributed by atoms with van der Waals surface area (Å²) in [4.78, 5) is 12.5. The molecule has 0 saturated carbocycles. The number of halogens is 3. The molecule has 0 spiro atoms. The lowest BCUT2D eigenvalue weighted by molar-refractivity contribution is 0.101. The number of nitrogens with one attached hydrogen (secondary N) is 2. The van der Waals surface area contributed by atoms with Gasteiger partial charge in [-0.3, -0.25) is 9.52 Å². The Bertz CT molecular complexity index is 1040. The van der Waals surface area contributed by atoms with Crippen LogP contribution in [0, 0.1) is 11.6 Å². The van der Waals surface area contributed by atoms with Crippen molar-refractivity contribution in [3.05, 3.63) is 46.7 Å². The van der Waals surface area contributed by atoms with E-state index in [1.54, 1.807) is 0 Å². The summed E-state index contributed by atoms with van der Waals surface area (Å²) in [5, 5.41) is 11.8. The lowest BCUT2D eigenvalue weighted by Crippen LogP contribution is -2.42. The number of amides is 1. The van der Waals surface area contributed by atoms with Crippen molar-refractivity contribution in [1.29, 1.82) is 0 Å². The number of piperidine rings is 1. The first-order valence-corrected chi connectivity index (χ1v) is 10.5. The van der Waals surface area contributed by atoms with Gasteiger partial charge in [-0.1, -0.05) is 11.6 Å². The summed E-state index contributed by atoms with van der Waals surface area (Å²) >= 11 is 6.21. The predicted octanol–water partition coefficient (Wildman–Crippen LogP) is 2.32. The molecule has 8 nitrogen and oxygen atoms in total. The van der Waals surface area contributed by atoms with E-state index >= 15 is 0 Å². The second kappa shape index (κ2) is 8.27. The zero-order chi connectivity index (χ0) is 21.3. The van der Waals surface area contributed by atoms with Crippen molar-refractivity contribution in [1.82, 2.24) is 8.87 Å². The third-order valence-electron chi connectivity index (χ3n) is 4.51. The molecule has 2 heterocycles. The Morgan fingerprint density at radius 3 is 2.52 bits per heavy atom. The number of hydrogen-bond donors (Lipinski definition) is 3. The number of carbonyl (C=O) groups is 1. The Hall–Kier alpha value is -2.21. The highest BCUT2D eigenvalue weighted by Gasteiger charge is 2.29. The van der Waals surface area contributed by atoms with Gasteiger partial charge in [0, 0.05) is 38.1 Å². The van der Waals surface area contributed by atoms with Crippen LogP contribution in [0.4, 0.5) is 20.2 Å². The van der Waals surface area contributed by atoms with Crippen LogP contribution >= 0.6 is 11.6 Å². The summed E-state index contributed by atoms with van der Waals surface area (Å²) in [7, 11) is -2.44. The van der Waals surface area contributed by atoms with Gasteiger partial charge in [-0.05, 0) is 25.0 Å². The topological polar surface area (TPSA) is 104 Å². The second-order valence-electron chi connectivity index (χ2n) is 6.64. The predicted molar refractivity (Wildman–Crippen MR) is 104 cm³/mol. The fraction of sp³-hybridized carbons (Fsp3) is 0.353. The van der Waals surface area contributed by atoms with Crippen molar-refractivity contribution in [2.75, 3.05) is 23.1 Å². The molecule has 0 atom stereocenters. The lowest BCUT2D eigenvalue weighted by Gasteiger charge is -2.28. The molecule has 3 rings (SSSR count). The van der Waals surface area contributed by atoms with Gasteiger partial charge in [-0.15, -0.1) is 0 Å². The van der Waals surface area contributed by atoms with E-state index in [4.69, 9.17) is 11.6 Å². The highest BCUT2D eigenvalue weighted by atomic mass is 35.5. The summed E-state index contributed by atoms with van der Waals surface area (Å²) < 4.78 is 56.3. The van der Waals surface area contributed by atoms with Crippen LogP contribution in [0.3, 0.4) is 0 Å². The number of hydrogen-bond acceptors (Lipinski definition) is 4. The second-order valence-corrected chi connectivity index (χ2v) is 8.69. The highest BCUT2D eigenvalue weighted by Crippen LogP contribution is 2.30. The largest absolute Gasteiger partial charge is 0.393 e. The van der Waals surface area contributed by atoms with Gasteiger partial charge in [0.05, 0.1) is 16.8 Å². The van der Waals surface area contributed by atoms with Crippen LogP contribution in [-0.2, 0) is 17.3 Å². The van der Waals surface area contributed by atoms with E-state index in [2.05, 4.69) is 10.0 Å². The van der Waals surface area contributed by atoms with Gasteiger partial charge in [0.15, 0.2) is 11.6 Å². The minimum Gasteiger partial charge on any atom is -0.393 e. The van der Waals surface area contributed by atoms with Crippen LogP contribution in [0.25, 0.3) is 0 Å².